The van der Waals surface area contributed by atoms with Crippen molar-refractivity contribution in [1.29, 1.82) is 0 Å². The summed E-state index contributed by atoms with van der Waals surface area (Å²) in [5.41, 5.74) is 6.41. The lowest BCUT2D eigenvalue weighted by Crippen LogP contribution is -2.11. The molecule has 0 spiro atoms. The van der Waals surface area contributed by atoms with Gasteiger partial charge in [-0.1, -0.05) is 0 Å². The Morgan fingerprint density at radius 1 is 1.15 bits per heavy atom. The number of aliphatic hydroxyl groups is 1. The van der Waals surface area contributed by atoms with Crippen LogP contribution in [0.25, 0.3) is 5.95 Å². The third-order valence-corrected chi connectivity index (χ3v) is 4.25. The van der Waals surface area contributed by atoms with Crippen LogP contribution in [-0.4, -0.2) is 51.4 Å². The van der Waals surface area contributed by atoms with Crippen molar-refractivity contribution in [2.45, 2.75) is 4.90 Å². The highest BCUT2D eigenvalue weighted by Crippen LogP contribution is 2.18. The molecule has 1 aromatic carbocycles. The number of nitrogen functional groups attached to an aromatic ring is 1. The molecule has 0 radical (unpaired) electrons. The summed E-state index contributed by atoms with van der Waals surface area (Å²) in [5.74, 6) is 0.920. The van der Waals surface area contributed by atoms with Gasteiger partial charge in [0.2, 0.25) is 21.9 Å². The second-order valence-corrected chi connectivity index (χ2v) is 6.85. The number of aliphatic hydroxyl groups excluding tert-OH is 1. The number of rotatable bonds is 7. The molecule has 0 saturated carbocycles. The van der Waals surface area contributed by atoms with E-state index in [0.717, 1.165) is 0 Å². The molecule has 0 aliphatic heterocycles. The number of aromatic nitrogens is 5. The van der Waals surface area contributed by atoms with Crippen molar-refractivity contribution >= 4 is 33.4 Å². The molecule has 0 aliphatic carbocycles. The normalized spacial score (nSPS) is 11.3. The number of nitrogens with one attached hydrogen (secondary N) is 2. The van der Waals surface area contributed by atoms with E-state index in [2.05, 4.69) is 30.7 Å². The van der Waals surface area contributed by atoms with Crippen LogP contribution in [0.15, 0.2) is 41.4 Å². The zero-order valence-corrected chi connectivity index (χ0v) is 14.8. The standard InChI is InChI=1S/C14H17N9O3S/c15-12-21-13(19-9-1-3-10(4-2-9)27(16,25)26)22-23(12)14-18-6-5-11(20-14)17-7-8-24/h1-6,24H,7-8H2,(H2,16,25,26)(H,17,18,20)(H3,15,19,21,22). The molecule has 0 saturated heterocycles. The van der Waals surface area contributed by atoms with Gasteiger partial charge in [0.1, 0.15) is 5.82 Å². The highest BCUT2D eigenvalue weighted by atomic mass is 32.2. The fourth-order valence-corrected chi connectivity index (χ4v) is 2.63. The zero-order chi connectivity index (χ0) is 19.4. The predicted molar refractivity (Wildman–Crippen MR) is 98.0 cm³/mol. The average Bonchev–Trinajstić information content (AvgIpc) is 3.00. The summed E-state index contributed by atoms with van der Waals surface area (Å²) in [6, 6.07) is 7.40. The second kappa shape index (κ2) is 7.53. The van der Waals surface area contributed by atoms with Crippen LogP contribution in [0.1, 0.15) is 0 Å². The monoisotopic (exact) mass is 391 g/mol. The number of primary sulfonamides is 1. The summed E-state index contributed by atoms with van der Waals surface area (Å²) in [5, 5.41) is 23.9. The second-order valence-electron chi connectivity index (χ2n) is 5.29. The van der Waals surface area contributed by atoms with Crippen molar-refractivity contribution in [3.8, 4) is 5.95 Å². The summed E-state index contributed by atoms with van der Waals surface area (Å²) >= 11 is 0. The maximum atomic E-state index is 11.3. The number of hydrogen-bond donors (Lipinski definition) is 5. The van der Waals surface area contributed by atoms with Crippen LogP contribution in [0.5, 0.6) is 0 Å². The van der Waals surface area contributed by atoms with Gasteiger partial charge in [0, 0.05) is 18.4 Å². The van der Waals surface area contributed by atoms with Gasteiger partial charge in [0.25, 0.3) is 5.95 Å². The van der Waals surface area contributed by atoms with Gasteiger partial charge in [-0.15, -0.1) is 5.10 Å². The minimum absolute atomic E-state index is 0.00773. The lowest BCUT2D eigenvalue weighted by molar-refractivity contribution is 0.311. The largest absolute Gasteiger partial charge is 0.395 e. The molecule has 0 fully saturated rings. The smallest absolute Gasteiger partial charge is 0.255 e. The molecule has 0 aliphatic rings. The summed E-state index contributed by atoms with van der Waals surface area (Å²) in [7, 11) is -3.76. The van der Waals surface area contributed by atoms with Crippen molar-refractivity contribution in [3.05, 3.63) is 36.5 Å². The van der Waals surface area contributed by atoms with Crippen LogP contribution in [0.2, 0.25) is 0 Å². The van der Waals surface area contributed by atoms with E-state index in [1.54, 1.807) is 6.07 Å². The summed E-state index contributed by atoms with van der Waals surface area (Å²) in [4.78, 5) is 12.4. The molecule has 2 aromatic heterocycles. The Morgan fingerprint density at radius 2 is 1.89 bits per heavy atom. The van der Waals surface area contributed by atoms with E-state index in [4.69, 9.17) is 16.0 Å². The van der Waals surface area contributed by atoms with Crippen molar-refractivity contribution in [3.63, 3.8) is 0 Å². The molecule has 13 heteroatoms. The molecule has 7 N–H and O–H groups in total. The summed E-state index contributed by atoms with van der Waals surface area (Å²) < 4.78 is 23.8. The van der Waals surface area contributed by atoms with Gasteiger partial charge in [-0.25, -0.2) is 18.5 Å². The number of benzene rings is 1. The lowest BCUT2D eigenvalue weighted by atomic mass is 10.3. The highest BCUT2D eigenvalue weighted by molar-refractivity contribution is 7.89. The van der Waals surface area contributed by atoms with Crippen molar-refractivity contribution < 1.29 is 13.5 Å². The first-order valence-corrected chi connectivity index (χ1v) is 9.22. The highest BCUT2D eigenvalue weighted by Gasteiger charge is 2.13. The molecule has 0 bridgehead atoms. The first-order chi connectivity index (χ1) is 12.9. The van der Waals surface area contributed by atoms with Gasteiger partial charge in [-0.2, -0.15) is 14.6 Å². The fraction of sp³-hybridized carbons (Fsp3) is 0.143. The van der Waals surface area contributed by atoms with Crippen molar-refractivity contribution in [2.24, 2.45) is 5.14 Å². The number of nitrogens with zero attached hydrogens (tertiary/aromatic N) is 5. The number of anilines is 4. The minimum atomic E-state index is -3.76. The molecule has 0 atom stereocenters. The molecule has 0 amide bonds. The topological polar surface area (TPSA) is 187 Å². The molecule has 3 rings (SSSR count). The number of nitrogens with two attached hydrogens (primary N) is 2. The number of hydrogen-bond acceptors (Lipinski definition) is 10. The third-order valence-electron chi connectivity index (χ3n) is 3.32. The van der Waals surface area contributed by atoms with Crippen molar-refractivity contribution in [2.75, 3.05) is 29.5 Å². The van der Waals surface area contributed by atoms with Crippen LogP contribution in [0.4, 0.5) is 23.4 Å². The van der Waals surface area contributed by atoms with E-state index >= 15 is 0 Å². The van der Waals surface area contributed by atoms with Gasteiger partial charge in [0.05, 0.1) is 11.5 Å². The van der Waals surface area contributed by atoms with E-state index in [1.165, 1.54) is 35.1 Å². The Hall–Kier alpha value is -3.29. The third kappa shape index (κ3) is 4.46. The summed E-state index contributed by atoms with van der Waals surface area (Å²) in [6.45, 7) is 0.299. The predicted octanol–water partition coefficient (Wildman–Crippen LogP) is -0.565. The van der Waals surface area contributed by atoms with Gasteiger partial charge in [0.15, 0.2) is 0 Å². The van der Waals surface area contributed by atoms with Crippen molar-refractivity contribution in [1.82, 2.24) is 24.7 Å². The molecule has 0 unspecified atom stereocenters. The Bertz CT molecular complexity index is 1030. The van der Waals surface area contributed by atoms with Gasteiger partial charge < -0.3 is 21.5 Å². The lowest BCUT2D eigenvalue weighted by Gasteiger charge is -2.05. The van der Waals surface area contributed by atoms with E-state index in [9.17, 15) is 8.42 Å². The fourth-order valence-electron chi connectivity index (χ4n) is 2.11. The zero-order valence-electron chi connectivity index (χ0n) is 13.9. The Kier molecular flexibility index (Phi) is 5.16. The molecule has 2 heterocycles. The molecule has 142 valence electrons. The van der Waals surface area contributed by atoms with E-state index < -0.39 is 10.0 Å². The molecular formula is C14H17N9O3S. The van der Waals surface area contributed by atoms with Gasteiger partial charge >= 0.3 is 0 Å². The van der Waals surface area contributed by atoms with Crippen LogP contribution in [0.3, 0.4) is 0 Å². The van der Waals surface area contributed by atoms with Crippen LogP contribution < -0.4 is 21.5 Å². The van der Waals surface area contributed by atoms with E-state index in [1.807, 2.05) is 0 Å². The minimum Gasteiger partial charge on any atom is -0.395 e. The Morgan fingerprint density at radius 3 is 2.56 bits per heavy atom. The maximum absolute atomic E-state index is 11.3. The molecule has 27 heavy (non-hydrogen) atoms. The first kappa shape index (κ1) is 18.5. The van der Waals surface area contributed by atoms with Crippen LogP contribution in [0, 0.1) is 0 Å². The SMILES string of the molecule is Nc1nc(Nc2ccc(S(N)(=O)=O)cc2)nn1-c1nccc(NCCO)n1. The quantitative estimate of drug-likeness (QED) is 0.349. The first-order valence-electron chi connectivity index (χ1n) is 7.67. The van der Waals surface area contributed by atoms with Crippen LogP contribution in [-0.2, 0) is 10.0 Å². The molecule has 12 nitrogen and oxygen atoms in total. The van der Waals surface area contributed by atoms with E-state index in [0.29, 0.717) is 18.1 Å². The van der Waals surface area contributed by atoms with Gasteiger partial charge in [-0.3, -0.25) is 0 Å². The Balaban J connectivity index is 1.80. The molecular weight excluding hydrogens is 374 g/mol. The van der Waals surface area contributed by atoms with E-state index in [-0.39, 0.29) is 29.3 Å². The summed E-state index contributed by atoms with van der Waals surface area (Å²) in [6.07, 6.45) is 1.52. The maximum Gasteiger partial charge on any atom is 0.255 e. The Labute approximate surface area is 154 Å². The number of sulfonamides is 1. The molecule has 3 aromatic rings. The average molecular weight is 391 g/mol. The van der Waals surface area contributed by atoms with Gasteiger partial charge in [-0.05, 0) is 30.3 Å². The van der Waals surface area contributed by atoms with Crippen LogP contribution >= 0.6 is 0 Å².